The van der Waals surface area contributed by atoms with E-state index < -0.39 is 5.91 Å². The number of hydrogen-bond acceptors (Lipinski definition) is 4. The van der Waals surface area contributed by atoms with Crippen LogP contribution in [0.3, 0.4) is 0 Å². The molecule has 1 unspecified atom stereocenters. The van der Waals surface area contributed by atoms with Crippen molar-refractivity contribution in [2.75, 3.05) is 0 Å². The number of rotatable bonds is 4. The van der Waals surface area contributed by atoms with Gasteiger partial charge in [0.25, 0.3) is 5.91 Å². The van der Waals surface area contributed by atoms with Gasteiger partial charge in [0, 0.05) is 0 Å². The second-order valence-corrected chi connectivity index (χ2v) is 5.96. The number of nitrogens with one attached hydrogen (secondary N) is 1. The summed E-state index contributed by atoms with van der Waals surface area (Å²) in [6, 6.07) is 11.6. The number of carbonyl (C=O) groups is 1. The van der Waals surface area contributed by atoms with E-state index in [-0.39, 0.29) is 23.1 Å². The first-order valence-electron chi connectivity index (χ1n) is 7.83. The molecule has 0 heterocycles. The summed E-state index contributed by atoms with van der Waals surface area (Å²) in [4.78, 5) is 12.4. The zero-order valence-electron chi connectivity index (χ0n) is 14.4. The van der Waals surface area contributed by atoms with E-state index >= 15 is 0 Å². The van der Waals surface area contributed by atoms with Crippen LogP contribution in [0.1, 0.15) is 35.2 Å². The van der Waals surface area contributed by atoms with Crippen molar-refractivity contribution in [3.8, 4) is 17.6 Å². The number of carbonyl (C=O) groups excluding carboxylic acids is 1. The minimum atomic E-state index is -0.499. The number of hydrogen-bond donors (Lipinski definition) is 3. The molecule has 1 amide bonds. The minimum absolute atomic E-state index is 0.0826. The van der Waals surface area contributed by atoms with Gasteiger partial charge in [-0.15, -0.1) is 0 Å². The van der Waals surface area contributed by atoms with Crippen molar-refractivity contribution in [3.05, 3.63) is 64.2 Å². The highest BCUT2D eigenvalue weighted by molar-refractivity contribution is 6.01. The molecule has 0 aliphatic rings. The second-order valence-electron chi connectivity index (χ2n) is 5.96. The third-order valence-corrected chi connectivity index (χ3v) is 4.05. The Balaban J connectivity index is 2.19. The highest BCUT2D eigenvalue weighted by Crippen LogP contribution is 2.26. The van der Waals surface area contributed by atoms with E-state index in [4.69, 9.17) is 0 Å². The van der Waals surface area contributed by atoms with E-state index in [0.717, 1.165) is 11.1 Å². The lowest BCUT2D eigenvalue weighted by molar-refractivity contribution is -0.117. The van der Waals surface area contributed by atoms with Crippen molar-refractivity contribution in [1.82, 2.24) is 5.32 Å². The average molecular weight is 336 g/mol. The van der Waals surface area contributed by atoms with Crippen LogP contribution < -0.4 is 5.32 Å². The molecular weight excluding hydrogens is 316 g/mol. The molecule has 0 spiro atoms. The average Bonchev–Trinajstić information content (AvgIpc) is 2.58. The molecule has 3 N–H and O–H groups in total. The smallest absolute Gasteiger partial charge is 0.262 e. The Bertz CT molecular complexity index is 879. The van der Waals surface area contributed by atoms with Gasteiger partial charge in [-0.05, 0) is 61.2 Å². The lowest BCUT2D eigenvalue weighted by Crippen LogP contribution is -2.27. The van der Waals surface area contributed by atoms with Crippen LogP contribution in [0.25, 0.3) is 6.08 Å². The normalized spacial score (nSPS) is 12.3. The van der Waals surface area contributed by atoms with Crippen LogP contribution >= 0.6 is 0 Å². The zero-order chi connectivity index (χ0) is 18.6. The lowest BCUT2D eigenvalue weighted by atomic mass is 10.0. The molecule has 2 aromatic carbocycles. The molecule has 0 bridgehead atoms. The van der Waals surface area contributed by atoms with Gasteiger partial charge < -0.3 is 15.5 Å². The molecule has 0 aromatic heterocycles. The van der Waals surface area contributed by atoms with Gasteiger partial charge in [0.2, 0.25) is 0 Å². The predicted molar refractivity (Wildman–Crippen MR) is 95.8 cm³/mol. The molecule has 2 aromatic rings. The van der Waals surface area contributed by atoms with Crippen LogP contribution in [0.15, 0.2) is 42.0 Å². The Morgan fingerprint density at radius 1 is 1.12 bits per heavy atom. The molecule has 0 saturated heterocycles. The monoisotopic (exact) mass is 336 g/mol. The fourth-order valence-corrected chi connectivity index (χ4v) is 2.34. The lowest BCUT2D eigenvalue weighted by Gasteiger charge is -2.15. The van der Waals surface area contributed by atoms with Crippen molar-refractivity contribution in [2.45, 2.75) is 26.8 Å². The summed E-state index contributed by atoms with van der Waals surface area (Å²) in [6.45, 7) is 5.88. The number of nitriles is 1. The molecule has 0 radical (unpaired) electrons. The van der Waals surface area contributed by atoms with Gasteiger partial charge in [0.05, 0.1) is 6.04 Å². The van der Waals surface area contributed by atoms with E-state index in [0.29, 0.717) is 5.56 Å². The summed E-state index contributed by atoms with van der Waals surface area (Å²) in [7, 11) is 0. The number of phenolic OH excluding ortho intramolecular Hbond substituents is 2. The fourth-order valence-electron chi connectivity index (χ4n) is 2.34. The number of amides is 1. The Labute approximate surface area is 146 Å². The minimum Gasteiger partial charge on any atom is -0.504 e. The van der Waals surface area contributed by atoms with Crippen LogP contribution in [0.4, 0.5) is 0 Å². The maximum absolute atomic E-state index is 12.4. The molecule has 0 fully saturated rings. The Kier molecular flexibility index (Phi) is 5.45. The first-order chi connectivity index (χ1) is 11.8. The van der Waals surface area contributed by atoms with E-state index in [1.807, 2.05) is 45.0 Å². The standard InChI is InChI=1S/C20H20N2O3/c1-12-4-6-16(8-13(12)2)14(3)22-20(25)17(11-21)9-15-5-7-18(23)19(24)10-15/h4-10,14,23-24H,1-3H3,(H,22,25)/b17-9+. The molecule has 25 heavy (non-hydrogen) atoms. The summed E-state index contributed by atoms with van der Waals surface area (Å²) in [5, 5.41) is 30.9. The van der Waals surface area contributed by atoms with Crippen LogP contribution in [0.2, 0.25) is 0 Å². The quantitative estimate of drug-likeness (QED) is 0.452. The Morgan fingerprint density at radius 3 is 2.44 bits per heavy atom. The van der Waals surface area contributed by atoms with Gasteiger partial charge in [-0.3, -0.25) is 4.79 Å². The van der Waals surface area contributed by atoms with Gasteiger partial charge in [-0.25, -0.2) is 0 Å². The van der Waals surface area contributed by atoms with Crippen molar-refractivity contribution < 1.29 is 15.0 Å². The van der Waals surface area contributed by atoms with E-state index in [1.165, 1.54) is 29.8 Å². The van der Waals surface area contributed by atoms with Gasteiger partial charge in [-0.2, -0.15) is 5.26 Å². The highest BCUT2D eigenvalue weighted by Gasteiger charge is 2.14. The van der Waals surface area contributed by atoms with E-state index in [2.05, 4.69) is 5.32 Å². The SMILES string of the molecule is Cc1ccc(C(C)NC(=O)/C(C#N)=C/c2ccc(O)c(O)c2)cc1C. The first kappa shape index (κ1) is 18.1. The van der Waals surface area contributed by atoms with Gasteiger partial charge in [0.15, 0.2) is 11.5 Å². The van der Waals surface area contributed by atoms with Gasteiger partial charge in [-0.1, -0.05) is 24.3 Å². The summed E-state index contributed by atoms with van der Waals surface area (Å²) < 4.78 is 0. The predicted octanol–water partition coefficient (Wildman–Crippen LogP) is 3.50. The summed E-state index contributed by atoms with van der Waals surface area (Å²) in [5.74, 6) is -1.07. The van der Waals surface area contributed by atoms with Crippen molar-refractivity contribution in [3.63, 3.8) is 0 Å². The van der Waals surface area contributed by atoms with E-state index in [9.17, 15) is 20.3 Å². The molecule has 0 aliphatic carbocycles. The first-order valence-corrected chi connectivity index (χ1v) is 7.83. The summed E-state index contributed by atoms with van der Waals surface area (Å²) >= 11 is 0. The van der Waals surface area contributed by atoms with Gasteiger partial charge >= 0.3 is 0 Å². The van der Waals surface area contributed by atoms with Gasteiger partial charge in [0.1, 0.15) is 11.6 Å². The third-order valence-electron chi connectivity index (χ3n) is 4.05. The Morgan fingerprint density at radius 2 is 1.84 bits per heavy atom. The molecule has 5 nitrogen and oxygen atoms in total. The van der Waals surface area contributed by atoms with Crippen LogP contribution in [-0.2, 0) is 4.79 Å². The number of aryl methyl sites for hydroxylation is 2. The molecule has 0 aliphatic heterocycles. The maximum atomic E-state index is 12.4. The van der Waals surface area contributed by atoms with Crippen LogP contribution in [-0.4, -0.2) is 16.1 Å². The molecule has 5 heteroatoms. The molecule has 1 atom stereocenters. The number of nitrogens with zero attached hydrogens (tertiary/aromatic N) is 1. The van der Waals surface area contributed by atoms with Crippen LogP contribution in [0.5, 0.6) is 11.5 Å². The summed E-state index contributed by atoms with van der Waals surface area (Å²) in [6.07, 6.45) is 1.36. The topological polar surface area (TPSA) is 93.4 Å². The Hall–Kier alpha value is -3.26. The third kappa shape index (κ3) is 4.39. The van der Waals surface area contributed by atoms with Crippen molar-refractivity contribution >= 4 is 12.0 Å². The molecular formula is C20H20N2O3. The second kappa shape index (κ2) is 7.54. The largest absolute Gasteiger partial charge is 0.504 e. The summed E-state index contributed by atoms with van der Waals surface area (Å²) in [5.41, 5.74) is 3.62. The fraction of sp³-hybridized carbons (Fsp3) is 0.200. The van der Waals surface area contributed by atoms with Crippen molar-refractivity contribution in [2.24, 2.45) is 0 Å². The maximum Gasteiger partial charge on any atom is 0.262 e. The van der Waals surface area contributed by atoms with E-state index in [1.54, 1.807) is 0 Å². The number of phenols is 2. The van der Waals surface area contributed by atoms with Crippen molar-refractivity contribution in [1.29, 1.82) is 5.26 Å². The zero-order valence-corrected chi connectivity index (χ0v) is 14.4. The van der Waals surface area contributed by atoms with Crippen LogP contribution in [0, 0.1) is 25.2 Å². The number of benzene rings is 2. The molecule has 128 valence electrons. The molecule has 2 rings (SSSR count). The highest BCUT2D eigenvalue weighted by atomic mass is 16.3. The number of aromatic hydroxyl groups is 2. The molecule has 0 saturated carbocycles.